The number of sulfone groups is 1. The molecule has 0 heterocycles. The second kappa shape index (κ2) is 4.92. The average molecular weight is 192 g/mol. The Labute approximate surface area is 72.1 Å². The highest BCUT2D eigenvalue weighted by atomic mass is 32.2. The molecule has 0 atom stereocenters. The Balaban J connectivity index is 3.47. The summed E-state index contributed by atoms with van der Waals surface area (Å²) in [6.07, 6.45) is 2.52. The first-order valence-corrected chi connectivity index (χ1v) is 5.48. The van der Waals surface area contributed by atoms with Gasteiger partial charge in [0.2, 0.25) is 0 Å². The lowest BCUT2D eigenvalue weighted by Gasteiger charge is -1.99. The van der Waals surface area contributed by atoms with Gasteiger partial charge in [-0.2, -0.15) is 0 Å². The van der Waals surface area contributed by atoms with Crippen LogP contribution in [-0.4, -0.2) is 33.0 Å². The van der Waals surface area contributed by atoms with Crippen molar-refractivity contribution in [3.63, 3.8) is 0 Å². The molecule has 0 fully saturated rings. The van der Waals surface area contributed by atoms with Crippen molar-refractivity contribution in [3.8, 4) is 0 Å². The van der Waals surface area contributed by atoms with Gasteiger partial charge in [0.1, 0.15) is 9.84 Å². The van der Waals surface area contributed by atoms with Crippen molar-refractivity contribution in [3.05, 3.63) is 12.7 Å². The van der Waals surface area contributed by atoms with E-state index in [0.717, 1.165) is 12.3 Å². The van der Waals surface area contributed by atoms with Gasteiger partial charge >= 0.3 is 5.97 Å². The zero-order chi connectivity index (χ0) is 9.61. The van der Waals surface area contributed by atoms with Gasteiger partial charge in [-0.1, -0.05) is 6.58 Å². The molecule has 0 rings (SSSR count). The number of rotatable bonds is 5. The predicted molar refractivity (Wildman–Crippen MR) is 45.5 cm³/mol. The van der Waals surface area contributed by atoms with E-state index in [2.05, 4.69) is 11.3 Å². The van der Waals surface area contributed by atoms with Crippen LogP contribution in [0, 0.1) is 0 Å². The second-order valence-electron chi connectivity index (χ2n) is 2.36. The number of ether oxygens (including phenoxy) is 1. The first kappa shape index (κ1) is 11.2. The summed E-state index contributed by atoms with van der Waals surface area (Å²) in [6.45, 7) is 3.32. The Kier molecular flexibility index (Phi) is 4.58. The molecular formula is C7H12O4S. The van der Waals surface area contributed by atoms with Crippen LogP contribution < -0.4 is 0 Å². The van der Waals surface area contributed by atoms with Gasteiger partial charge in [-0.05, 0) is 6.42 Å². The summed E-state index contributed by atoms with van der Waals surface area (Å²) in [4.78, 5) is 10.4. The van der Waals surface area contributed by atoms with Gasteiger partial charge in [-0.25, -0.2) is 13.2 Å². The van der Waals surface area contributed by atoms with E-state index in [1.54, 1.807) is 0 Å². The molecule has 0 N–H and O–H groups in total. The van der Waals surface area contributed by atoms with E-state index in [9.17, 15) is 13.2 Å². The van der Waals surface area contributed by atoms with E-state index >= 15 is 0 Å². The molecule has 0 spiro atoms. The normalized spacial score (nSPS) is 10.8. The van der Waals surface area contributed by atoms with Crippen LogP contribution in [0.5, 0.6) is 0 Å². The Morgan fingerprint density at radius 3 is 2.58 bits per heavy atom. The van der Waals surface area contributed by atoms with Gasteiger partial charge in [0, 0.05) is 12.3 Å². The third kappa shape index (κ3) is 7.27. The number of hydrogen-bond donors (Lipinski definition) is 0. The van der Waals surface area contributed by atoms with E-state index in [4.69, 9.17) is 0 Å². The highest BCUT2D eigenvalue weighted by Crippen LogP contribution is 1.90. The molecule has 0 saturated heterocycles. The van der Waals surface area contributed by atoms with Crippen LogP contribution in [-0.2, 0) is 19.4 Å². The summed E-state index contributed by atoms with van der Waals surface area (Å²) in [6, 6.07) is 0. The van der Waals surface area contributed by atoms with E-state index in [1.807, 2.05) is 0 Å². The monoisotopic (exact) mass is 192 g/mol. The summed E-state index contributed by atoms with van der Waals surface area (Å²) >= 11 is 0. The minimum Gasteiger partial charge on any atom is -0.463 e. The largest absolute Gasteiger partial charge is 0.463 e. The predicted octanol–water partition coefficient (Wildman–Crippen LogP) is 0.150. The van der Waals surface area contributed by atoms with Crippen molar-refractivity contribution in [2.24, 2.45) is 0 Å². The summed E-state index contributed by atoms with van der Waals surface area (Å²) in [7, 11) is -2.95. The lowest BCUT2D eigenvalue weighted by Crippen LogP contribution is -2.08. The van der Waals surface area contributed by atoms with Crippen molar-refractivity contribution < 1.29 is 17.9 Å². The molecule has 0 aromatic rings. The number of hydrogen-bond acceptors (Lipinski definition) is 4. The summed E-state index contributed by atoms with van der Waals surface area (Å²) in [5.74, 6) is -0.485. The van der Waals surface area contributed by atoms with Gasteiger partial charge < -0.3 is 4.74 Å². The zero-order valence-electron chi connectivity index (χ0n) is 6.95. The molecule has 0 amide bonds. The van der Waals surface area contributed by atoms with Crippen LogP contribution in [0.3, 0.4) is 0 Å². The first-order chi connectivity index (χ1) is 5.45. The maximum Gasteiger partial charge on any atom is 0.330 e. The fraction of sp³-hybridized carbons (Fsp3) is 0.571. The molecule has 0 bridgehead atoms. The van der Waals surface area contributed by atoms with Crippen molar-refractivity contribution >= 4 is 15.8 Å². The molecule has 0 aliphatic carbocycles. The Hall–Kier alpha value is -0.840. The van der Waals surface area contributed by atoms with E-state index in [0.29, 0.717) is 6.42 Å². The van der Waals surface area contributed by atoms with E-state index in [1.165, 1.54) is 0 Å². The minimum absolute atomic E-state index is 0.0391. The zero-order valence-corrected chi connectivity index (χ0v) is 7.76. The summed E-state index contributed by atoms with van der Waals surface area (Å²) in [5, 5.41) is 0. The van der Waals surface area contributed by atoms with Crippen LogP contribution in [0.4, 0.5) is 0 Å². The van der Waals surface area contributed by atoms with Gasteiger partial charge in [-0.3, -0.25) is 0 Å². The average Bonchev–Trinajstić information content (AvgIpc) is 1.96. The van der Waals surface area contributed by atoms with E-state index in [-0.39, 0.29) is 12.4 Å². The summed E-state index contributed by atoms with van der Waals surface area (Å²) < 4.78 is 25.7. The smallest absolute Gasteiger partial charge is 0.330 e. The topological polar surface area (TPSA) is 60.4 Å². The quantitative estimate of drug-likeness (QED) is 0.353. The molecule has 5 heteroatoms. The van der Waals surface area contributed by atoms with Crippen molar-refractivity contribution in [1.29, 1.82) is 0 Å². The molecule has 4 nitrogen and oxygen atoms in total. The molecule has 70 valence electrons. The van der Waals surface area contributed by atoms with Gasteiger partial charge in [-0.15, -0.1) is 0 Å². The van der Waals surface area contributed by atoms with Crippen molar-refractivity contribution in [1.82, 2.24) is 0 Å². The molecule has 12 heavy (non-hydrogen) atoms. The standard InChI is InChI=1S/C7H12O4S/c1-3-7(8)11-5-4-6-12(2,9)10/h3H,1,4-6H2,2H3. The van der Waals surface area contributed by atoms with Gasteiger partial charge in [0.05, 0.1) is 12.4 Å². The fourth-order valence-electron chi connectivity index (χ4n) is 0.553. The molecule has 0 radical (unpaired) electrons. The van der Waals surface area contributed by atoms with Crippen LogP contribution in [0.1, 0.15) is 6.42 Å². The van der Waals surface area contributed by atoms with Crippen molar-refractivity contribution in [2.45, 2.75) is 6.42 Å². The molecule has 0 saturated carbocycles. The molecule has 0 aliphatic rings. The highest BCUT2D eigenvalue weighted by molar-refractivity contribution is 7.90. The first-order valence-electron chi connectivity index (χ1n) is 3.42. The third-order valence-electron chi connectivity index (χ3n) is 1.07. The molecular weight excluding hydrogens is 180 g/mol. The molecule has 0 aliphatic heterocycles. The van der Waals surface area contributed by atoms with Crippen LogP contribution >= 0.6 is 0 Å². The second-order valence-corrected chi connectivity index (χ2v) is 4.61. The number of carbonyl (C=O) groups excluding carboxylic acids is 1. The number of carbonyl (C=O) groups is 1. The lowest BCUT2D eigenvalue weighted by molar-refractivity contribution is -0.137. The van der Waals surface area contributed by atoms with Crippen LogP contribution in [0.25, 0.3) is 0 Å². The Morgan fingerprint density at radius 2 is 2.17 bits per heavy atom. The van der Waals surface area contributed by atoms with E-state index < -0.39 is 15.8 Å². The van der Waals surface area contributed by atoms with Gasteiger partial charge in [0.25, 0.3) is 0 Å². The maximum absolute atomic E-state index is 10.6. The van der Waals surface area contributed by atoms with Crippen LogP contribution in [0.2, 0.25) is 0 Å². The van der Waals surface area contributed by atoms with Gasteiger partial charge in [0.15, 0.2) is 0 Å². The van der Waals surface area contributed by atoms with Crippen LogP contribution in [0.15, 0.2) is 12.7 Å². The SMILES string of the molecule is C=CC(=O)OCCCS(C)(=O)=O. The lowest BCUT2D eigenvalue weighted by atomic mass is 10.5. The highest BCUT2D eigenvalue weighted by Gasteiger charge is 2.02. The Morgan fingerprint density at radius 1 is 1.58 bits per heavy atom. The number of esters is 1. The molecule has 0 aromatic heterocycles. The van der Waals surface area contributed by atoms with Crippen molar-refractivity contribution in [2.75, 3.05) is 18.6 Å². The maximum atomic E-state index is 10.6. The minimum atomic E-state index is -2.95. The Bertz CT molecular complexity index is 253. The molecule has 0 unspecified atom stereocenters. The third-order valence-corrected chi connectivity index (χ3v) is 2.10. The fourth-order valence-corrected chi connectivity index (χ4v) is 1.20. The summed E-state index contributed by atoms with van der Waals surface area (Å²) in [5.41, 5.74) is 0. The molecule has 0 aromatic carbocycles.